The van der Waals surface area contributed by atoms with E-state index in [2.05, 4.69) is 6.07 Å². The van der Waals surface area contributed by atoms with Gasteiger partial charge in [0.1, 0.15) is 11.8 Å². The van der Waals surface area contributed by atoms with Crippen LogP contribution in [0.2, 0.25) is 0 Å². The summed E-state index contributed by atoms with van der Waals surface area (Å²) in [5.74, 6) is 0.818. The molecule has 1 aliphatic rings. The standard InChI is InChI=1S/C23H20N2O/c1-26-18-13-11-16(12-14-18)22-19-9-5-6-10-21(19)25-23(20(22)15-24)17-7-3-2-4-8-17/h2-4,7-8,11-14H,5-6,9-10H2,1H3. The lowest BCUT2D eigenvalue weighted by Crippen LogP contribution is -2.10. The van der Waals surface area contributed by atoms with Gasteiger partial charge in [-0.3, -0.25) is 4.98 Å². The summed E-state index contributed by atoms with van der Waals surface area (Å²) in [5.41, 5.74) is 6.92. The molecule has 3 heteroatoms. The Kier molecular flexibility index (Phi) is 4.41. The van der Waals surface area contributed by atoms with Crippen molar-refractivity contribution >= 4 is 0 Å². The molecule has 0 aliphatic heterocycles. The number of nitrogens with zero attached hydrogens (tertiary/aromatic N) is 2. The number of rotatable bonds is 3. The summed E-state index contributed by atoms with van der Waals surface area (Å²) in [4.78, 5) is 4.93. The van der Waals surface area contributed by atoms with Crippen molar-refractivity contribution in [3.63, 3.8) is 0 Å². The van der Waals surface area contributed by atoms with Crippen LogP contribution in [0.3, 0.4) is 0 Å². The Hall–Kier alpha value is -3.12. The minimum absolute atomic E-state index is 0.669. The molecule has 128 valence electrons. The lowest BCUT2D eigenvalue weighted by atomic mass is 9.85. The number of ether oxygens (including phenoxy) is 1. The number of aromatic nitrogens is 1. The zero-order valence-electron chi connectivity index (χ0n) is 14.8. The van der Waals surface area contributed by atoms with Crippen LogP contribution in [0.25, 0.3) is 22.4 Å². The van der Waals surface area contributed by atoms with Crippen LogP contribution in [-0.4, -0.2) is 12.1 Å². The Bertz CT molecular complexity index is 970. The Labute approximate surface area is 153 Å². The summed E-state index contributed by atoms with van der Waals surface area (Å²) >= 11 is 0. The molecule has 26 heavy (non-hydrogen) atoms. The lowest BCUT2D eigenvalue weighted by molar-refractivity contribution is 0.415. The second-order valence-corrected chi connectivity index (χ2v) is 6.55. The van der Waals surface area contributed by atoms with Crippen molar-refractivity contribution in [1.82, 2.24) is 4.98 Å². The monoisotopic (exact) mass is 340 g/mol. The van der Waals surface area contributed by atoms with Gasteiger partial charge in [-0.05, 0) is 48.9 Å². The summed E-state index contributed by atoms with van der Waals surface area (Å²) in [7, 11) is 1.66. The highest BCUT2D eigenvalue weighted by molar-refractivity contribution is 5.83. The third-order valence-electron chi connectivity index (χ3n) is 5.01. The number of nitriles is 1. The Balaban J connectivity index is 2.00. The molecule has 0 saturated carbocycles. The van der Waals surface area contributed by atoms with Crippen LogP contribution < -0.4 is 4.74 Å². The van der Waals surface area contributed by atoms with Gasteiger partial charge < -0.3 is 4.74 Å². The summed E-state index contributed by atoms with van der Waals surface area (Å²) in [5, 5.41) is 10.0. The van der Waals surface area contributed by atoms with Gasteiger partial charge in [-0.25, -0.2) is 0 Å². The van der Waals surface area contributed by atoms with Crippen molar-refractivity contribution in [2.75, 3.05) is 7.11 Å². The van der Waals surface area contributed by atoms with Crippen LogP contribution in [-0.2, 0) is 12.8 Å². The van der Waals surface area contributed by atoms with Crippen molar-refractivity contribution in [3.8, 4) is 34.2 Å². The zero-order valence-corrected chi connectivity index (χ0v) is 14.8. The van der Waals surface area contributed by atoms with E-state index in [1.165, 1.54) is 5.56 Å². The van der Waals surface area contributed by atoms with Gasteiger partial charge in [0, 0.05) is 16.8 Å². The molecule has 0 N–H and O–H groups in total. The van der Waals surface area contributed by atoms with Gasteiger partial charge in [-0.2, -0.15) is 5.26 Å². The van der Waals surface area contributed by atoms with Crippen LogP contribution in [0.4, 0.5) is 0 Å². The highest BCUT2D eigenvalue weighted by atomic mass is 16.5. The minimum Gasteiger partial charge on any atom is -0.497 e. The van der Waals surface area contributed by atoms with Crippen LogP contribution in [0.15, 0.2) is 54.6 Å². The predicted octanol–water partition coefficient (Wildman–Crippen LogP) is 5.17. The maximum atomic E-state index is 10.0. The fourth-order valence-electron chi connectivity index (χ4n) is 3.73. The number of pyridine rings is 1. The molecule has 0 radical (unpaired) electrons. The average Bonchev–Trinajstić information content (AvgIpc) is 2.73. The Morgan fingerprint density at radius 3 is 2.35 bits per heavy atom. The van der Waals surface area contributed by atoms with Crippen molar-refractivity contribution in [1.29, 1.82) is 5.26 Å². The van der Waals surface area contributed by atoms with E-state index in [0.717, 1.165) is 59.5 Å². The molecule has 2 aromatic carbocycles. The number of methoxy groups -OCH3 is 1. The normalized spacial score (nSPS) is 12.9. The lowest BCUT2D eigenvalue weighted by Gasteiger charge is -2.22. The molecule has 4 rings (SSSR count). The largest absolute Gasteiger partial charge is 0.497 e. The molecule has 0 fully saturated rings. The first-order valence-corrected chi connectivity index (χ1v) is 8.97. The van der Waals surface area contributed by atoms with Crippen molar-refractivity contribution in [2.45, 2.75) is 25.7 Å². The summed E-state index contributed by atoms with van der Waals surface area (Å²) in [6.45, 7) is 0. The molecular formula is C23H20N2O. The van der Waals surface area contributed by atoms with E-state index in [-0.39, 0.29) is 0 Å². The fourth-order valence-corrected chi connectivity index (χ4v) is 3.73. The van der Waals surface area contributed by atoms with Gasteiger partial charge in [0.05, 0.1) is 18.4 Å². The maximum absolute atomic E-state index is 10.0. The quantitative estimate of drug-likeness (QED) is 0.660. The van der Waals surface area contributed by atoms with Crippen molar-refractivity contribution in [3.05, 3.63) is 71.4 Å². The summed E-state index contributed by atoms with van der Waals surface area (Å²) < 4.78 is 5.29. The predicted molar refractivity (Wildman–Crippen MR) is 103 cm³/mol. The van der Waals surface area contributed by atoms with Crippen LogP contribution in [0.1, 0.15) is 29.7 Å². The SMILES string of the molecule is COc1ccc(-c2c(C#N)c(-c3ccccc3)nc3c2CCCC3)cc1. The molecule has 0 spiro atoms. The Morgan fingerprint density at radius 1 is 0.923 bits per heavy atom. The number of hydrogen-bond donors (Lipinski definition) is 0. The highest BCUT2D eigenvalue weighted by Gasteiger charge is 2.23. The molecule has 0 unspecified atom stereocenters. The van der Waals surface area contributed by atoms with Crippen LogP contribution >= 0.6 is 0 Å². The first kappa shape index (κ1) is 16.4. The molecule has 0 atom stereocenters. The summed E-state index contributed by atoms with van der Waals surface area (Å²) in [6, 6.07) is 20.4. The molecule has 1 aliphatic carbocycles. The van der Waals surface area contributed by atoms with Crippen LogP contribution in [0, 0.1) is 11.3 Å². The number of hydrogen-bond acceptors (Lipinski definition) is 3. The van der Waals surface area contributed by atoms with E-state index in [1.807, 2.05) is 54.6 Å². The second kappa shape index (κ2) is 7.01. The van der Waals surface area contributed by atoms with E-state index in [1.54, 1.807) is 7.11 Å². The molecule has 0 saturated heterocycles. The molecule has 0 bridgehead atoms. The third kappa shape index (κ3) is 2.84. The highest BCUT2D eigenvalue weighted by Crippen LogP contribution is 2.38. The number of benzene rings is 2. The van der Waals surface area contributed by atoms with Crippen molar-refractivity contribution in [2.24, 2.45) is 0 Å². The van der Waals surface area contributed by atoms with Gasteiger partial charge in [-0.1, -0.05) is 42.5 Å². The Morgan fingerprint density at radius 2 is 1.65 bits per heavy atom. The first-order valence-electron chi connectivity index (χ1n) is 8.97. The molecule has 1 aromatic heterocycles. The maximum Gasteiger partial charge on any atom is 0.118 e. The van der Waals surface area contributed by atoms with E-state index in [0.29, 0.717) is 5.56 Å². The number of fused-ring (bicyclic) bond motifs is 1. The van der Waals surface area contributed by atoms with E-state index < -0.39 is 0 Å². The fraction of sp³-hybridized carbons (Fsp3) is 0.217. The molecular weight excluding hydrogens is 320 g/mol. The van der Waals surface area contributed by atoms with Gasteiger partial charge in [0.15, 0.2) is 0 Å². The average molecular weight is 340 g/mol. The summed E-state index contributed by atoms with van der Waals surface area (Å²) in [6.07, 6.45) is 4.26. The molecule has 3 aromatic rings. The van der Waals surface area contributed by atoms with Gasteiger partial charge in [0.2, 0.25) is 0 Å². The second-order valence-electron chi connectivity index (χ2n) is 6.55. The van der Waals surface area contributed by atoms with Crippen molar-refractivity contribution < 1.29 is 4.74 Å². The zero-order chi connectivity index (χ0) is 17.9. The molecule has 3 nitrogen and oxygen atoms in total. The topological polar surface area (TPSA) is 45.9 Å². The van der Waals surface area contributed by atoms with E-state index in [4.69, 9.17) is 9.72 Å². The van der Waals surface area contributed by atoms with Crippen LogP contribution in [0.5, 0.6) is 5.75 Å². The smallest absolute Gasteiger partial charge is 0.118 e. The first-order chi connectivity index (χ1) is 12.8. The van der Waals surface area contributed by atoms with E-state index >= 15 is 0 Å². The number of aryl methyl sites for hydroxylation is 1. The minimum atomic E-state index is 0.669. The molecule has 1 heterocycles. The third-order valence-corrected chi connectivity index (χ3v) is 5.01. The van der Waals surface area contributed by atoms with Gasteiger partial charge in [0.25, 0.3) is 0 Å². The van der Waals surface area contributed by atoms with E-state index in [9.17, 15) is 5.26 Å². The van der Waals surface area contributed by atoms with Gasteiger partial charge >= 0.3 is 0 Å². The molecule has 0 amide bonds. The van der Waals surface area contributed by atoms with Gasteiger partial charge in [-0.15, -0.1) is 0 Å².